The van der Waals surface area contributed by atoms with Crippen molar-refractivity contribution in [1.82, 2.24) is 10.2 Å². The summed E-state index contributed by atoms with van der Waals surface area (Å²) in [7, 11) is 0. The number of aromatic nitrogens is 2. The molecule has 122 valence electrons. The van der Waals surface area contributed by atoms with Crippen molar-refractivity contribution in [1.29, 1.82) is 0 Å². The van der Waals surface area contributed by atoms with Crippen molar-refractivity contribution < 1.29 is 9.53 Å². The van der Waals surface area contributed by atoms with E-state index in [0.29, 0.717) is 16.5 Å². The monoisotopic (exact) mass is 341 g/mol. The fourth-order valence-corrected chi connectivity index (χ4v) is 2.29. The highest BCUT2D eigenvalue weighted by Gasteiger charge is 2.06. The minimum atomic E-state index is -0.228. The molecule has 3 rings (SSSR count). The molecule has 0 aliphatic heterocycles. The lowest BCUT2D eigenvalue weighted by Gasteiger charge is -2.08. The SMILES string of the molecule is Cc1cc(-c2ccc(NC(=O)COc3ccc(Cl)cc3)cc2)n[nH]1. The maximum absolute atomic E-state index is 11.9. The summed E-state index contributed by atoms with van der Waals surface area (Å²) in [5.74, 6) is 0.368. The number of H-pyrrole nitrogens is 1. The highest BCUT2D eigenvalue weighted by atomic mass is 35.5. The van der Waals surface area contributed by atoms with Gasteiger partial charge in [-0.2, -0.15) is 5.10 Å². The van der Waals surface area contributed by atoms with E-state index in [4.69, 9.17) is 16.3 Å². The Morgan fingerprint density at radius 3 is 2.50 bits per heavy atom. The van der Waals surface area contributed by atoms with Gasteiger partial charge >= 0.3 is 0 Å². The first kappa shape index (κ1) is 16.1. The highest BCUT2D eigenvalue weighted by Crippen LogP contribution is 2.20. The van der Waals surface area contributed by atoms with Crippen molar-refractivity contribution in [3.8, 4) is 17.0 Å². The molecule has 3 aromatic rings. The Balaban J connectivity index is 1.55. The number of rotatable bonds is 5. The molecule has 0 unspecified atom stereocenters. The summed E-state index contributed by atoms with van der Waals surface area (Å²) >= 11 is 5.80. The van der Waals surface area contributed by atoms with Gasteiger partial charge in [-0.15, -0.1) is 0 Å². The summed E-state index contributed by atoms with van der Waals surface area (Å²) in [5, 5.41) is 10.5. The summed E-state index contributed by atoms with van der Waals surface area (Å²) in [6.07, 6.45) is 0. The van der Waals surface area contributed by atoms with E-state index in [2.05, 4.69) is 15.5 Å². The van der Waals surface area contributed by atoms with Gasteiger partial charge in [0.05, 0.1) is 5.69 Å². The molecule has 0 bridgehead atoms. The standard InChI is InChI=1S/C18H16ClN3O2/c1-12-10-17(22-21-12)13-2-6-15(7-3-13)20-18(23)11-24-16-8-4-14(19)5-9-16/h2-10H,11H2,1H3,(H,20,23)(H,21,22). The van der Waals surface area contributed by atoms with Gasteiger partial charge in [-0.1, -0.05) is 23.7 Å². The second kappa shape index (κ2) is 7.19. The summed E-state index contributed by atoms with van der Waals surface area (Å²) in [5.41, 5.74) is 3.56. The van der Waals surface area contributed by atoms with Crippen LogP contribution in [0.25, 0.3) is 11.3 Å². The first-order valence-corrected chi connectivity index (χ1v) is 7.78. The van der Waals surface area contributed by atoms with Crippen LogP contribution >= 0.6 is 11.6 Å². The molecular formula is C18H16ClN3O2. The molecule has 0 radical (unpaired) electrons. The van der Waals surface area contributed by atoms with Gasteiger partial charge in [-0.25, -0.2) is 0 Å². The van der Waals surface area contributed by atoms with E-state index >= 15 is 0 Å². The predicted octanol–water partition coefficient (Wildman–Crippen LogP) is 4.06. The van der Waals surface area contributed by atoms with Crippen LogP contribution in [-0.2, 0) is 4.79 Å². The zero-order chi connectivity index (χ0) is 16.9. The Morgan fingerprint density at radius 2 is 1.88 bits per heavy atom. The summed E-state index contributed by atoms with van der Waals surface area (Å²) in [4.78, 5) is 11.9. The third-order valence-corrected chi connectivity index (χ3v) is 3.61. The van der Waals surface area contributed by atoms with Gasteiger partial charge in [0, 0.05) is 22.0 Å². The topological polar surface area (TPSA) is 67.0 Å². The molecule has 24 heavy (non-hydrogen) atoms. The Labute approximate surface area is 144 Å². The number of ether oxygens (including phenoxy) is 1. The molecule has 1 heterocycles. The van der Waals surface area contributed by atoms with Crippen LogP contribution < -0.4 is 10.1 Å². The number of anilines is 1. The Morgan fingerprint density at radius 1 is 1.17 bits per heavy atom. The number of halogens is 1. The molecule has 0 saturated heterocycles. The molecule has 0 aliphatic carbocycles. The third-order valence-electron chi connectivity index (χ3n) is 3.35. The van der Waals surface area contributed by atoms with E-state index < -0.39 is 0 Å². The number of amides is 1. The van der Waals surface area contributed by atoms with Gasteiger partial charge in [0.25, 0.3) is 5.91 Å². The summed E-state index contributed by atoms with van der Waals surface area (Å²) in [6.45, 7) is 1.88. The summed E-state index contributed by atoms with van der Waals surface area (Å²) in [6, 6.07) is 16.3. The third kappa shape index (κ3) is 4.14. The molecule has 0 spiro atoms. The first-order chi connectivity index (χ1) is 11.6. The Kier molecular flexibility index (Phi) is 4.82. The van der Waals surface area contributed by atoms with Crippen LogP contribution in [0.3, 0.4) is 0 Å². The maximum atomic E-state index is 11.9. The number of hydrogen-bond acceptors (Lipinski definition) is 3. The minimum Gasteiger partial charge on any atom is -0.484 e. The number of hydrogen-bond donors (Lipinski definition) is 2. The molecule has 0 fully saturated rings. The van der Waals surface area contributed by atoms with Gasteiger partial charge < -0.3 is 10.1 Å². The zero-order valence-corrected chi connectivity index (χ0v) is 13.8. The number of aromatic amines is 1. The molecule has 5 nitrogen and oxygen atoms in total. The lowest BCUT2D eigenvalue weighted by atomic mass is 10.1. The van der Waals surface area contributed by atoms with Crippen LogP contribution in [-0.4, -0.2) is 22.7 Å². The fraction of sp³-hybridized carbons (Fsp3) is 0.111. The lowest BCUT2D eigenvalue weighted by Crippen LogP contribution is -2.20. The Hall–Kier alpha value is -2.79. The van der Waals surface area contributed by atoms with Crippen LogP contribution in [0, 0.1) is 6.92 Å². The lowest BCUT2D eigenvalue weighted by molar-refractivity contribution is -0.118. The predicted molar refractivity (Wildman–Crippen MR) is 94.3 cm³/mol. The molecule has 1 amide bonds. The van der Waals surface area contributed by atoms with Crippen molar-refractivity contribution in [2.24, 2.45) is 0 Å². The van der Waals surface area contributed by atoms with Crippen molar-refractivity contribution in [2.75, 3.05) is 11.9 Å². The van der Waals surface area contributed by atoms with Crippen molar-refractivity contribution in [3.05, 3.63) is 65.3 Å². The van der Waals surface area contributed by atoms with Crippen LogP contribution in [0.5, 0.6) is 5.75 Å². The van der Waals surface area contributed by atoms with E-state index in [1.807, 2.05) is 37.3 Å². The molecule has 6 heteroatoms. The van der Waals surface area contributed by atoms with E-state index in [1.165, 1.54) is 0 Å². The van der Waals surface area contributed by atoms with Gasteiger partial charge in [0.15, 0.2) is 6.61 Å². The van der Waals surface area contributed by atoms with Crippen molar-refractivity contribution >= 4 is 23.2 Å². The van der Waals surface area contributed by atoms with E-state index in [0.717, 1.165) is 17.0 Å². The van der Waals surface area contributed by atoms with Gasteiger partial charge in [0.2, 0.25) is 0 Å². The number of benzene rings is 2. The van der Waals surface area contributed by atoms with Gasteiger partial charge in [0.1, 0.15) is 5.75 Å². The largest absolute Gasteiger partial charge is 0.484 e. The number of nitrogens with zero attached hydrogens (tertiary/aromatic N) is 1. The molecule has 0 aliphatic rings. The highest BCUT2D eigenvalue weighted by molar-refractivity contribution is 6.30. The average Bonchev–Trinajstić information content (AvgIpc) is 3.01. The van der Waals surface area contributed by atoms with Crippen LogP contribution in [0.1, 0.15) is 5.69 Å². The number of carbonyl (C=O) groups excluding carboxylic acids is 1. The number of nitrogens with one attached hydrogen (secondary N) is 2. The molecule has 2 N–H and O–H groups in total. The van der Waals surface area contributed by atoms with Crippen LogP contribution in [0.4, 0.5) is 5.69 Å². The normalized spacial score (nSPS) is 10.4. The molecule has 0 atom stereocenters. The molecule has 2 aromatic carbocycles. The first-order valence-electron chi connectivity index (χ1n) is 7.41. The molecule has 1 aromatic heterocycles. The maximum Gasteiger partial charge on any atom is 0.262 e. The van der Waals surface area contributed by atoms with Crippen LogP contribution in [0.15, 0.2) is 54.6 Å². The quantitative estimate of drug-likeness (QED) is 0.735. The van der Waals surface area contributed by atoms with E-state index in [9.17, 15) is 4.79 Å². The van der Waals surface area contributed by atoms with Crippen molar-refractivity contribution in [2.45, 2.75) is 6.92 Å². The number of aryl methyl sites for hydroxylation is 1. The number of carbonyl (C=O) groups is 1. The Bertz CT molecular complexity index is 826. The van der Waals surface area contributed by atoms with Crippen molar-refractivity contribution in [3.63, 3.8) is 0 Å². The van der Waals surface area contributed by atoms with Gasteiger partial charge in [-0.05, 0) is 49.4 Å². The summed E-state index contributed by atoms with van der Waals surface area (Å²) < 4.78 is 5.41. The molecular weight excluding hydrogens is 326 g/mol. The van der Waals surface area contributed by atoms with Crippen LogP contribution in [0.2, 0.25) is 5.02 Å². The van der Waals surface area contributed by atoms with Gasteiger partial charge in [-0.3, -0.25) is 9.89 Å². The van der Waals surface area contributed by atoms with E-state index in [1.54, 1.807) is 24.3 Å². The smallest absolute Gasteiger partial charge is 0.262 e. The zero-order valence-electron chi connectivity index (χ0n) is 13.0. The second-order valence-electron chi connectivity index (χ2n) is 5.30. The minimum absolute atomic E-state index is 0.0675. The average molecular weight is 342 g/mol. The fourth-order valence-electron chi connectivity index (χ4n) is 2.17. The molecule has 0 saturated carbocycles. The second-order valence-corrected chi connectivity index (χ2v) is 5.74. The van der Waals surface area contributed by atoms with E-state index in [-0.39, 0.29) is 12.5 Å².